The molecule has 0 saturated carbocycles. The van der Waals surface area contributed by atoms with E-state index in [-0.39, 0.29) is 29.1 Å². The van der Waals surface area contributed by atoms with Crippen LogP contribution < -0.4 is 10.5 Å². The van der Waals surface area contributed by atoms with Crippen LogP contribution in [0.2, 0.25) is 0 Å². The zero-order chi connectivity index (χ0) is 17.0. The molecule has 7 nitrogen and oxygen atoms in total. The summed E-state index contributed by atoms with van der Waals surface area (Å²) in [4.78, 5) is 29.4. The number of halogens is 2. The summed E-state index contributed by atoms with van der Waals surface area (Å²) in [5.74, 6) is -1.17. The molecule has 4 aliphatic heterocycles. The Hall–Kier alpha value is -1.68. The zero-order valence-corrected chi connectivity index (χ0v) is 15.0. The summed E-state index contributed by atoms with van der Waals surface area (Å²) >= 11 is -0.337. The lowest BCUT2D eigenvalue weighted by Crippen LogP contribution is -2.52. The first-order chi connectivity index (χ1) is 11.5. The summed E-state index contributed by atoms with van der Waals surface area (Å²) in [5, 5.41) is 11.5. The normalized spacial score (nSPS) is 20.6. The van der Waals surface area contributed by atoms with Gasteiger partial charge in [0, 0.05) is 19.3 Å². The van der Waals surface area contributed by atoms with Crippen molar-refractivity contribution in [2.75, 3.05) is 33.2 Å². The third-order valence-electron chi connectivity index (χ3n) is 4.49. The maximum atomic E-state index is 14.6. The molecule has 4 aliphatic rings. The molecule has 0 radical (unpaired) electrons. The third kappa shape index (κ3) is 2.80. The van der Waals surface area contributed by atoms with Crippen LogP contribution in [0.4, 0.5) is 4.39 Å². The van der Waals surface area contributed by atoms with Crippen LogP contribution in [0, 0.1) is 5.82 Å². The number of fused-ring (bicyclic) bond motifs is 3. The highest BCUT2D eigenvalue weighted by Crippen LogP contribution is 2.37. The average Bonchev–Trinajstić information content (AvgIpc) is 2.50. The van der Waals surface area contributed by atoms with E-state index < -0.39 is 22.8 Å². The molecular weight excluding hydrogens is 371 g/mol. The minimum atomic E-state index is -1.60. The molecule has 0 aromatic carbocycles. The molecule has 4 rings (SSSR count). The Bertz CT molecular complexity index is 869. The van der Waals surface area contributed by atoms with Gasteiger partial charge in [-0.25, -0.2) is 9.55 Å². The van der Waals surface area contributed by atoms with E-state index in [9.17, 15) is 19.1 Å². The Morgan fingerprint density at radius 2 is 2.00 bits per heavy atom. The van der Waals surface area contributed by atoms with Gasteiger partial charge in [-0.15, -0.1) is 16.7 Å². The third-order valence-corrected chi connectivity index (χ3v) is 6.84. The molecule has 1 fully saturated rings. The van der Waals surface area contributed by atoms with Gasteiger partial charge < -0.3 is 14.8 Å². The summed E-state index contributed by atoms with van der Waals surface area (Å²) in [5.41, 5.74) is -1.31. The Balaban J connectivity index is 0.00000182. The fraction of sp³-hybridized carbons (Fsp3) is 0.400. The van der Waals surface area contributed by atoms with Gasteiger partial charge in [-0.05, 0) is 13.1 Å². The van der Waals surface area contributed by atoms with Crippen LogP contribution in [-0.4, -0.2) is 58.0 Å². The van der Waals surface area contributed by atoms with Crippen LogP contribution >= 0.6 is 12.4 Å². The number of hydrogen-bond donors (Lipinski definition) is 0. The Kier molecular flexibility index (Phi) is 4.76. The quantitative estimate of drug-likeness (QED) is 0.640. The maximum absolute atomic E-state index is 14.6. The molecule has 0 aromatic heterocycles. The molecular formula is C15H16ClFN4O3S. The molecule has 10 heteroatoms. The van der Waals surface area contributed by atoms with E-state index in [2.05, 4.69) is 21.2 Å². The molecule has 0 spiro atoms. The number of carbonyl (C=O) groups is 1. The van der Waals surface area contributed by atoms with Crippen LogP contribution in [-0.2, 0) is 17.0 Å². The first kappa shape index (κ1) is 18.1. The summed E-state index contributed by atoms with van der Waals surface area (Å²) in [7, 11) is 2.06. The highest BCUT2D eigenvalue weighted by atomic mass is 35.5. The average molecular weight is 387 g/mol. The number of pyridine rings is 2. The van der Waals surface area contributed by atoms with E-state index in [0.717, 1.165) is 38.4 Å². The van der Waals surface area contributed by atoms with Crippen molar-refractivity contribution in [1.29, 1.82) is 0 Å². The largest absolute Gasteiger partial charge is 0.545 e. The number of carbonyl (C=O) groups excluding carboxylic acids is 1. The van der Waals surface area contributed by atoms with Crippen molar-refractivity contribution >= 4 is 29.5 Å². The molecule has 0 amide bonds. The van der Waals surface area contributed by atoms with Gasteiger partial charge in [-0.2, -0.15) is 4.39 Å². The lowest BCUT2D eigenvalue weighted by Gasteiger charge is -2.35. The van der Waals surface area contributed by atoms with Gasteiger partial charge >= 0.3 is 0 Å². The van der Waals surface area contributed by atoms with Crippen molar-refractivity contribution in [1.82, 2.24) is 18.8 Å². The van der Waals surface area contributed by atoms with E-state index in [1.807, 2.05) is 0 Å². The minimum Gasteiger partial charge on any atom is -0.545 e. The van der Waals surface area contributed by atoms with Gasteiger partial charge in [-0.1, -0.05) is 0 Å². The van der Waals surface area contributed by atoms with E-state index in [0.29, 0.717) is 16.7 Å². The second kappa shape index (κ2) is 6.56. The lowest BCUT2D eigenvalue weighted by molar-refractivity contribution is -0.255. The van der Waals surface area contributed by atoms with Crippen molar-refractivity contribution in [2.24, 2.45) is 0 Å². The summed E-state index contributed by atoms with van der Waals surface area (Å²) in [6.07, 6.45) is 0.997. The van der Waals surface area contributed by atoms with Crippen LogP contribution in [0.15, 0.2) is 22.1 Å². The van der Waals surface area contributed by atoms with Gasteiger partial charge in [0.15, 0.2) is 28.2 Å². The van der Waals surface area contributed by atoms with Gasteiger partial charge in [0.1, 0.15) is 0 Å². The Labute approximate surface area is 152 Å². The second-order valence-electron chi connectivity index (χ2n) is 5.98. The number of aromatic nitrogens is 2. The van der Waals surface area contributed by atoms with Crippen LogP contribution in [0.3, 0.4) is 0 Å². The number of likely N-dealkylation sites (N-methyl/N-ethyl adjacent to an activating group) is 1. The Morgan fingerprint density at radius 1 is 1.32 bits per heavy atom. The molecule has 0 bridgehead atoms. The molecule has 0 N–H and O–H groups in total. The number of aromatic carboxylic acids is 1. The molecule has 1 saturated heterocycles. The van der Waals surface area contributed by atoms with Crippen LogP contribution in [0.25, 0.3) is 11.4 Å². The molecule has 0 aliphatic carbocycles. The fourth-order valence-corrected chi connectivity index (χ4v) is 5.20. The van der Waals surface area contributed by atoms with Crippen molar-refractivity contribution in [2.45, 2.75) is 10.9 Å². The van der Waals surface area contributed by atoms with Crippen LogP contribution in [0.1, 0.15) is 10.4 Å². The topological polar surface area (TPSA) is 81.5 Å². The van der Waals surface area contributed by atoms with Crippen molar-refractivity contribution in [3.63, 3.8) is 0 Å². The fourth-order valence-electron chi connectivity index (χ4n) is 3.09. The minimum absolute atomic E-state index is 0. The first-order valence-electron chi connectivity index (χ1n) is 7.55. The van der Waals surface area contributed by atoms with E-state index in [4.69, 9.17) is 0 Å². The first-order valence-corrected chi connectivity index (χ1v) is 8.90. The summed E-state index contributed by atoms with van der Waals surface area (Å²) in [6, 6.07) is 1.11. The predicted molar refractivity (Wildman–Crippen MR) is 91.4 cm³/mol. The number of hydrogen-bond acceptors (Lipinski definition) is 6. The summed E-state index contributed by atoms with van der Waals surface area (Å²) in [6.45, 7) is 3.63. The number of carboxylic acids is 1. The molecule has 0 aromatic rings. The number of piperazine rings is 1. The smallest absolute Gasteiger partial charge is 0.291 e. The van der Waals surface area contributed by atoms with Crippen LogP contribution in [0.5, 0.6) is 0 Å². The number of carboxylic acid groups (broad SMARTS) is 1. The maximum Gasteiger partial charge on any atom is 0.291 e. The van der Waals surface area contributed by atoms with Gasteiger partial charge in [0.2, 0.25) is 5.88 Å². The van der Waals surface area contributed by atoms with Crippen molar-refractivity contribution in [3.8, 4) is 11.4 Å². The highest BCUT2D eigenvalue weighted by molar-refractivity contribution is 7.94. The molecule has 1 atom stereocenters. The lowest BCUT2D eigenvalue weighted by atomic mass is 10.1. The SMILES string of the molecule is CN1CCN([S+]2Cn3c4ncc(C(=O)[O-])c(=O)c-4cc(F)c32)CC1.Cl. The van der Waals surface area contributed by atoms with Gasteiger partial charge in [0.25, 0.3) is 5.03 Å². The van der Waals surface area contributed by atoms with Gasteiger partial charge in [0.05, 0.1) is 30.2 Å². The van der Waals surface area contributed by atoms with Crippen molar-refractivity contribution in [3.05, 3.63) is 33.9 Å². The zero-order valence-electron chi connectivity index (χ0n) is 13.4. The number of rotatable bonds is 2. The molecule has 4 heterocycles. The van der Waals surface area contributed by atoms with Gasteiger partial charge in [-0.3, -0.25) is 4.79 Å². The van der Waals surface area contributed by atoms with E-state index in [1.54, 1.807) is 4.57 Å². The second-order valence-corrected chi connectivity index (χ2v) is 7.87. The van der Waals surface area contributed by atoms with E-state index >= 15 is 0 Å². The van der Waals surface area contributed by atoms with Crippen molar-refractivity contribution < 1.29 is 14.3 Å². The standard InChI is InChI=1S/C15H15FN4O3S.ClH/c1-18-2-4-19(5-3-18)24-8-20-13-9(6-11(16)14(20)24)12(21)10(7-17-13)15(22)23;/h6-7H,2-5,8H2,1H3;1H. The van der Waals surface area contributed by atoms with E-state index in [1.165, 1.54) is 0 Å². The monoisotopic (exact) mass is 386 g/mol. The molecule has 1 unspecified atom stereocenters. The highest BCUT2D eigenvalue weighted by Gasteiger charge is 2.49. The number of nitrogens with zero attached hydrogens (tertiary/aromatic N) is 4. The summed E-state index contributed by atoms with van der Waals surface area (Å²) < 4.78 is 18.5. The molecule has 25 heavy (non-hydrogen) atoms. The molecule has 134 valence electrons. The predicted octanol–water partition coefficient (Wildman–Crippen LogP) is -0.617. The Morgan fingerprint density at radius 3 is 2.64 bits per heavy atom.